The maximum atomic E-state index is 5.75. The molecular formula is C8H12N6. The zero-order valence-electron chi connectivity index (χ0n) is 8.07. The van der Waals surface area contributed by atoms with E-state index in [1.54, 1.807) is 6.20 Å². The van der Waals surface area contributed by atoms with Gasteiger partial charge in [-0.15, -0.1) is 0 Å². The fourth-order valence-electron chi connectivity index (χ4n) is 1.47. The number of hydrogen-bond donors (Lipinski definition) is 3. The molecule has 6 nitrogen and oxygen atoms in total. The van der Waals surface area contributed by atoms with Crippen molar-refractivity contribution in [2.24, 2.45) is 0 Å². The lowest BCUT2D eigenvalue weighted by molar-refractivity contribution is 0.871. The highest BCUT2D eigenvalue weighted by molar-refractivity contribution is 5.64. The van der Waals surface area contributed by atoms with Crippen LogP contribution in [0.3, 0.4) is 0 Å². The number of anilines is 1. The van der Waals surface area contributed by atoms with Gasteiger partial charge in [0.15, 0.2) is 0 Å². The summed E-state index contributed by atoms with van der Waals surface area (Å²) in [5, 5.41) is 17.1. The van der Waals surface area contributed by atoms with Gasteiger partial charge < -0.3 is 5.73 Å². The van der Waals surface area contributed by atoms with E-state index in [1.165, 1.54) is 0 Å². The van der Waals surface area contributed by atoms with Gasteiger partial charge in [-0.3, -0.25) is 5.10 Å². The van der Waals surface area contributed by atoms with Crippen LogP contribution >= 0.6 is 0 Å². The molecule has 14 heavy (non-hydrogen) atoms. The number of aromatic amines is 2. The van der Waals surface area contributed by atoms with Crippen molar-refractivity contribution >= 4 is 5.82 Å². The summed E-state index contributed by atoms with van der Waals surface area (Å²) < 4.78 is 0. The Kier molecular flexibility index (Phi) is 1.95. The van der Waals surface area contributed by atoms with Crippen molar-refractivity contribution in [3.05, 3.63) is 11.8 Å². The first-order valence-corrected chi connectivity index (χ1v) is 4.40. The Balaban J connectivity index is 2.54. The number of hydrogen-bond acceptors (Lipinski definition) is 4. The molecule has 0 saturated carbocycles. The van der Waals surface area contributed by atoms with Crippen LogP contribution in [0.5, 0.6) is 0 Å². The normalized spacial score (nSPS) is 11.1. The lowest BCUT2D eigenvalue weighted by atomic mass is 10.0. The lowest BCUT2D eigenvalue weighted by Crippen LogP contribution is -1.95. The van der Waals surface area contributed by atoms with Crippen LogP contribution in [0.4, 0.5) is 5.82 Å². The average Bonchev–Trinajstić information content (AvgIpc) is 2.70. The number of nitrogen functional groups attached to an aromatic ring is 1. The van der Waals surface area contributed by atoms with Crippen molar-refractivity contribution in [3.8, 4) is 11.4 Å². The van der Waals surface area contributed by atoms with E-state index in [0.717, 1.165) is 17.0 Å². The number of nitrogens with one attached hydrogen (secondary N) is 2. The number of rotatable bonds is 2. The molecular weight excluding hydrogens is 180 g/mol. The van der Waals surface area contributed by atoms with Gasteiger partial charge in [-0.2, -0.15) is 20.5 Å². The summed E-state index contributed by atoms with van der Waals surface area (Å²) >= 11 is 0. The van der Waals surface area contributed by atoms with Gasteiger partial charge >= 0.3 is 0 Å². The van der Waals surface area contributed by atoms with Crippen molar-refractivity contribution in [3.63, 3.8) is 0 Å². The summed E-state index contributed by atoms with van der Waals surface area (Å²) in [5.74, 6) is 0.832. The minimum absolute atomic E-state index is 0.306. The maximum Gasteiger partial charge on any atom is 0.149 e. The van der Waals surface area contributed by atoms with E-state index in [-0.39, 0.29) is 0 Å². The first kappa shape index (κ1) is 8.74. The van der Waals surface area contributed by atoms with Gasteiger partial charge in [0.1, 0.15) is 11.5 Å². The molecule has 0 atom stereocenters. The molecule has 0 aliphatic heterocycles. The third-order valence-electron chi connectivity index (χ3n) is 2.08. The lowest BCUT2D eigenvalue weighted by Gasteiger charge is -2.04. The number of H-pyrrole nitrogens is 2. The molecule has 74 valence electrons. The Morgan fingerprint density at radius 3 is 2.71 bits per heavy atom. The Morgan fingerprint density at radius 2 is 2.14 bits per heavy atom. The van der Waals surface area contributed by atoms with Crippen LogP contribution in [-0.4, -0.2) is 25.6 Å². The summed E-state index contributed by atoms with van der Waals surface area (Å²) in [6.07, 6.45) is 1.64. The van der Waals surface area contributed by atoms with Crippen LogP contribution in [0.1, 0.15) is 25.3 Å². The number of nitrogens with zero attached hydrogens (tertiary/aromatic N) is 3. The van der Waals surface area contributed by atoms with Crippen molar-refractivity contribution in [2.75, 3.05) is 5.73 Å². The van der Waals surface area contributed by atoms with Crippen LogP contribution in [-0.2, 0) is 0 Å². The first-order valence-electron chi connectivity index (χ1n) is 4.40. The molecule has 2 aromatic rings. The van der Waals surface area contributed by atoms with Crippen LogP contribution in [0.25, 0.3) is 11.4 Å². The zero-order valence-corrected chi connectivity index (χ0v) is 8.07. The highest BCUT2D eigenvalue weighted by Crippen LogP contribution is 2.29. The molecule has 0 spiro atoms. The van der Waals surface area contributed by atoms with Crippen molar-refractivity contribution in [1.29, 1.82) is 0 Å². The topological polar surface area (TPSA) is 96.3 Å². The van der Waals surface area contributed by atoms with E-state index in [1.807, 2.05) is 0 Å². The van der Waals surface area contributed by atoms with Gasteiger partial charge in [0.05, 0.1) is 11.9 Å². The molecule has 0 radical (unpaired) electrons. The van der Waals surface area contributed by atoms with Gasteiger partial charge in [0.2, 0.25) is 0 Å². The third kappa shape index (κ3) is 1.24. The molecule has 0 saturated heterocycles. The molecule has 0 unspecified atom stereocenters. The Bertz CT molecular complexity index is 413. The summed E-state index contributed by atoms with van der Waals surface area (Å²) in [7, 11) is 0. The minimum atomic E-state index is 0.306. The van der Waals surface area contributed by atoms with Crippen LogP contribution in [0.2, 0.25) is 0 Å². The second kappa shape index (κ2) is 3.13. The first-order chi connectivity index (χ1) is 6.70. The Hall–Kier alpha value is -1.85. The van der Waals surface area contributed by atoms with E-state index < -0.39 is 0 Å². The molecule has 0 fully saturated rings. The minimum Gasteiger partial charge on any atom is -0.382 e. The second-order valence-electron chi connectivity index (χ2n) is 3.41. The van der Waals surface area contributed by atoms with E-state index in [4.69, 9.17) is 5.73 Å². The third-order valence-corrected chi connectivity index (χ3v) is 2.08. The summed E-state index contributed by atoms with van der Waals surface area (Å²) in [6.45, 7) is 4.12. The molecule has 4 N–H and O–H groups in total. The standard InChI is InChI=1S/C8H12N6/c1-4(2)6-7(12-13-8(6)9)5-3-10-14-11-5/h3-4H,1-2H3,(H3,9,12,13)(H,10,11,14). The van der Waals surface area contributed by atoms with E-state index in [2.05, 4.69) is 39.5 Å². The summed E-state index contributed by atoms with van der Waals surface area (Å²) in [5.41, 5.74) is 8.31. The van der Waals surface area contributed by atoms with Crippen LogP contribution < -0.4 is 5.73 Å². The molecule has 2 aromatic heterocycles. The van der Waals surface area contributed by atoms with E-state index in [0.29, 0.717) is 11.7 Å². The molecule has 0 aliphatic carbocycles. The zero-order chi connectivity index (χ0) is 10.1. The highest BCUT2D eigenvalue weighted by Gasteiger charge is 2.16. The molecule has 0 amide bonds. The molecule has 0 bridgehead atoms. The second-order valence-corrected chi connectivity index (χ2v) is 3.41. The SMILES string of the molecule is CC(C)c1c(N)n[nH]c1-c1cn[nH]n1. The monoisotopic (exact) mass is 192 g/mol. The Labute approximate surface area is 80.9 Å². The van der Waals surface area contributed by atoms with Gasteiger partial charge in [-0.1, -0.05) is 13.8 Å². The predicted molar refractivity (Wildman–Crippen MR) is 52.5 cm³/mol. The molecule has 0 aromatic carbocycles. The maximum absolute atomic E-state index is 5.75. The quantitative estimate of drug-likeness (QED) is 0.658. The molecule has 2 heterocycles. The van der Waals surface area contributed by atoms with Gasteiger partial charge in [0.25, 0.3) is 0 Å². The van der Waals surface area contributed by atoms with Gasteiger partial charge in [-0.25, -0.2) is 0 Å². The van der Waals surface area contributed by atoms with E-state index in [9.17, 15) is 0 Å². The van der Waals surface area contributed by atoms with Crippen molar-refractivity contribution in [1.82, 2.24) is 25.6 Å². The average molecular weight is 192 g/mol. The van der Waals surface area contributed by atoms with Crippen molar-refractivity contribution in [2.45, 2.75) is 19.8 Å². The number of nitrogens with two attached hydrogens (primary N) is 1. The van der Waals surface area contributed by atoms with Crippen molar-refractivity contribution < 1.29 is 0 Å². The molecule has 0 aliphatic rings. The van der Waals surface area contributed by atoms with Crippen LogP contribution in [0, 0.1) is 0 Å². The highest BCUT2D eigenvalue weighted by atomic mass is 15.3. The van der Waals surface area contributed by atoms with Gasteiger partial charge in [0, 0.05) is 5.56 Å². The smallest absolute Gasteiger partial charge is 0.149 e. The summed E-state index contributed by atoms with van der Waals surface area (Å²) in [4.78, 5) is 0. The van der Waals surface area contributed by atoms with E-state index >= 15 is 0 Å². The fourth-order valence-corrected chi connectivity index (χ4v) is 1.47. The molecule has 2 rings (SSSR count). The fraction of sp³-hybridized carbons (Fsp3) is 0.375. The van der Waals surface area contributed by atoms with Crippen LogP contribution in [0.15, 0.2) is 6.20 Å². The molecule has 6 heteroatoms. The summed E-state index contributed by atoms with van der Waals surface area (Å²) in [6, 6.07) is 0. The predicted octanol–water partition coefficient (Wildman–Crippen LogP) is 0.900. The van der Waals surface area contributed by atoms with Gasteiger partial charge in [-0.05, 0) is 5.92 Å². The largest absolute Gasteiger partial charge is 0.382 e. The Morgan fingerprint density at radius 1 is 1.36 bits per heavy atom. The number of aromatic nitrogens is 5.